The molecule has 0 aromatic heterocycles. The van der Waals surface area contributed by atoms with Crippen LogP contribution in [0.4, 0.5) is 0 Å². The molecular formula is C27H37NO4. The molecule has 2 aliphatic carbocycles. The predicted molar refractivity (Wildman–Crippen MR) is 127 cm³/mol. The minimum absolute atomic E-state index is 0.0604. The molecule has 32 heavy (non-hydrogen) atoms. The third-order valence-electron chi connectivity index (χ3n) is 6.59. The van der Waals surface area contributed by atoms with Crippen molar-refractivity contribution in [3.8, 4) is 0 Å². The molecule has 1 fully saturated rings. The standard InChI is InChI=1S/C27H37NO4/c1-16-12-17(2)23(18(3)13-16)24-22(29)15-20(25(24)32-26(30)27(4,5)6)14-19-8-10-21(11-9-19)28-31-7/h12-13,19-20H,8-11,14-15H2,1-7H3. The lowest BCUT2D eigenvalue weighted by atomic mass is 9.81. The number of carbonyl (C=O) groups excluding carboxylic acids is 2. The van der Waals surface area contributed by atoms with Gasteiger partial charge in [0.2, 0.25) is 0 Å². The van der Waals surface area contributed by atoms with Crippen LogP contribution in [0.1, 0.15) is 81.5 Å². The lowest BCUT2D eigenvalue weighted by Crippen LogP contribution is -2.25. The second-order valence-corrected chi connectivity index (χ2v) is 10.5. The van der Waals surface area contributed by atoms with Crippen molar-refractivity contribution in [2.75, 3.05) is 7.11 Å². The molecule has 0 spiro atoms. The van der Waals surface area contributed by atoms with Crippen LogP contribution in [0.25, 0.3) is 5.57 Å². The van der Waals surface area contributed by atoms with Crippen LogP contribution in [0.5, 0.6) is 0 Å². The quantitative estimate of drug-likeness (QED) is 0.412. The number of aryl methyl sites for hydroxylation is 3. The molecule has 1 atom stereocenters. The Bertz CT molecular complexity index is 931. The number of Topliss-reactive ketones (excluding diaryl/α,β-unsaturated/α-hetero) is 1. The molecule has 5 heteroatoms. The number of oxime groups is 1. The van der Waals surface area contributed by atoms with Gasteiger partial charge in [-0.2, -0.15) is 0 Å². The van der Waals surface area contributed by atoms with Crippen LogP contribution in [-0.2, 0) is 19.2 Å². The molecule has 3 rings (SSSR count). The van der Waals surface area contributed by atoms with Crippen LogP contribution in [0, 0.1) is 38.0 Å². The van der Waals surface area contributed by atoms with Crippen LogP contribution < -0.4 is 0 Å². The lowest BCUT2D eigenvalue weighted by molar-refractivity contribution is -0.149. The first-order valence-electron chi connectivity index (χ1n) is 11.7. The Morgan fingerprint density at radius 1 is 1.09 bits per heavy atom. The average Bonchev–Trinajstić information content (AvgIpc) is 2.97. The van der Waals surface area contributed by atoms with Gasteiger partial charge >= 0.3 is 5.97 Å². The molecule has 1 saturated carbocycles. The molecule has 174 valence electrons. The van der Waals surface area contributed by atoms with E-state index in [2.05, 4.69) is 24.2 Å². The van der Waals surface area contributed by atoms with Gasteiger partial charge in [0.15, 0.2) is 5.78 Å². The third kappa shape index (κ3) is 5.31. The van der Waals surface area contributed by atoms with Gasteiger partial charge in [0.1, 0.15) is 12.9 Å². The Morgan fingerprint density at radius 3 is 2.22 bits per heavy atom. The minimum Gasteiger partial charge on any atom is -0.430 e. The van der Waals surface area contributed by atoms with E-state index in [1.54, 1.807) is 7.11 Å². The minimum atomic E-state index is -0.637. The van der Waals surface area contributed by atoms with Crippen molar-refractivity contribution in [2.24, 2.45) is 22.4 Å². The fraction of sp³-hybridized carbons (Fsp3) is 0.593. The number of benzene rings is 1. The molecule has 1 unspecified atom stereocenters. The van der Waals surface area contributed by atoms with Gasteiger partial charge in [-0.15, -0.1) is 0 Å². The summed E-state index contributed by atoms with van der Waals surface area (Å²) in [6, 6.07) is 4.19. The molecule has 0 heterocycles. The molecule has 0 bridgehead atoms. The number of esters is 1. The van der Waals surface area contributed by atoms with Crippen molar-refractivity contribution < 1.29 is 19.2 Å². The number of nitrogens with zero attached hydrogens (tertiary/aromatic N) is 1. The van der Waals surface area contributed by atoms with Gasteiger partial charge in [-0.25, -0.2) is 0 Å². The zero-order chi connectivity index (χ0) is 23.6. The Balaban J connectivity index is 1.96. The number of allylic oxidation sites excluding steroid dienone is 2. The fourth-order valence-corrected chi connectivity index (χ4v) is 5.04. The molecule has 2 aliphatic rings. The maximum Gasteiger partial charge on any atom is 0.316 e. The maximum atomic E-state index is 13.3. The zero-order valence-electron chi connectivity index (χ0n) is 20.6. The van der Waals surface area contributed by atoms with Crippen molar-refractivity contribution in [2.45, 2.75) is 80.1 Å². The van der Waals surface area contributed by atoms with E-state index in [1.807, 2.05) is 34.6 Å². The molecule has 0 saturated heterocycles. The first kappa shape index (κ1) is 24.2. The molecule has 1 aromatic carbocycles. The summed E-state index contributed by atoms with van der Waals surface area (Å²) in [5, 5.41) is 4.11. The lowest BCUT2D eigenvalue weighted by Gasteiger charge is -2.27. The van der Waals surface area contributed by atoms with E-state index in [0.717, 1.165) is 60.1 Å². The topological polar surface area (TPSA) is 65.0 Å². The van der Waals surface area contributed by atoms with Crippen LogP contribution >= 0.6 is 0 Å². The second kappa shape index (κ2) is 9.60. The summed E-state index contributed by atoms with van der Waals surface area (Å²) in [5.41, 5.74) is 5.27. The van der Waals surface area contributed by atoms with E-state index in [4.69, 9.17) is 9.57 Å². The number of hydrogen-bond acceptors (Lipinski definition) is 5. The third-order valence-corrected chi connectivity index (χ3v) is 6.59. The van der Waals surface area contributed by atoms with E-state index in [-0.39, 0.29) is 17.7 Å². The summed E-state index contributed by atoms with van der Waals surface area (Å²) in [6.45, 7) is 11.7. The van der Waals surface area contributed by atoms with Crippen molar-refractivity contribution in [3.63, 3.8) is 0 Å². The van der Waals surface area contributed by atoms with Crippen molar-refractivity contribution in [1.29, 1.82) is 0 Å². The Hall–Kier alpha value is -2.43. The van der Waals surface area contributed by atoms with Crippen LogP contribution in [0.3, 0.4) is 0 Å². The zero-order valence-corrected chi connectivity index (χ0v) is 20.6. The van der Waals surface area contributed by atoms with Crippen molar-refractivity contribution >= 4 is 23.0 Å². The van der Waals surface area contributed by atoms with Gasteiger partial charge in [-0.1, -0.05) is 22.9 Å². The van der Waals surface area contributed by atoms with Gasteiger partial charge in [0, 0.05) is 12.3 Å². The van der Waals surface area contributed by atoms with Crippen molar-refractivity contribution in [1.82, 2.24) is 0 Å². The molecule has 0 amide bonds. The molecule has 0 N–H and O–H groups in total. The molecular weight excluding hydrogens is 402 g/mol. The summed E-state index contributed by atoms with van der Waals surface area (Å²) in [7, 11) is 1.58. The highest BCUT2D eigenvalue weighted by Gasteiger charge is 2.40. The maximum absolute atomic E-state index is 13.3. The first-order chi connectivity index (χ1) is 15.0. The van der Waals surface area contributed by atoms with Crippen molar-refractivity contribution in [3.05, 3.63) is 40.1 Å². The SMILES string of the molecule is CON=C1CCC(CC2CC(=O)C(c3c(C)cc(C)cc3C)=C2OC(=O)C(C)(C)C)CC1. The second-order valence-electron chi connectivity index (χ2n) is 10.5. The van der Waals surface area contributed by atoms with Gasteiger partial charge < -0.3 is 9.57 Å². The first-order valence-corrected chi connectivity index (χ1v) is 11.7. The van der Waals surface area contributed by atoms with E-state index in [1.165, 1.54) is 0 Å². The highest BCUT2D eigenvalue weighted by atomic mass is 16.6. The summed E-state index contributed by atoms with van der Waals surface area (Å²) < 4.78 is 6.04. The van der Waals surface area contributed by atoms with E-state index >= 15 is 0 Å². The molecule has 0 aliphatic heterocycles. The number of hydrogen-bond donors (Lipinski definition) is 0. The number of ketones is 1. The summed E-state index contributed by atoms with van der Waals surface area (Å²) >= 11 is 0. The van der Waals surface area contributed by atoms with E-state index < -0.39 is 5.41 Å². The van der Waals surface area contributed by atoms with Crippen LogP contribution in [0.2, 0.25) is 0 Å². The van der Waals surface area contributed by atoms with E-state index in [0.29, 0.717) is 23.7 Å². The smallest absolute Gasteiger partial charge is 0.316 e. The summed E-state index contributed by atoms with van der Waals surface area (Å²) in [4.78, 5) is 31.1. The van der Waals surface area contributed by atoms with Gasteiger partial charge in [-0.3, -0.25) is 9.59 Å². The van der Waals surface area contributed by atoms with Gasteiger partial charge in [-0.05, 0) is 96.3 Å². The normalized spacial score (nSPS) is 21.7. The van der Waals surface area contributed by atoms with Gasteiger partial charge in [0.25, 0.3) is 0 Å². The van der Waals surface area contributed by atoms with Crippen LogP contribution in [0.15, 0.2) is 23.0 Å². The fourth-order valence-electron chi connectivity index (χ4n) is 5.04. The Kier molecular flexibility index (Phi) is 7.26. The Labute approximate surface area is 192 Å². The largest absolute Gasteiger partial charge is 0.430 e. The molecule has 5 nitrogen and oxygen atoms in total. The number of ether oxygens (including phenoxy) is 1. The monoisotopic (exact) mass is 439 g/mol. The Morgan fingerprint density at radius 2 is 1.69 bits per heavy atom. The number of carbonyl (C=O) groups is 2. The predicted octanol–water partition coefficient (Wildman–Crippen LogP) is 6.08. The highest BCUT2D eigenvalue weighted by Crippen LogP contribution is 2.44. The highest BCUT2D eigenvalue weighted by molar-refractivity contribution is 6.24. The molecule has 1 aromatic rings. The van der Waals surface area contributed by atoms with Crippen LogP contribution in [-0.4, -0.2) is 24.6 Å². The summed E-state index contributed by atoms with van der Waals surface area (Å²) in [6.07, 6.45) is 5.14. The molecule has 0 radical (unpaired) electrons. The van der Waals surface area contributed by atoms with E-state index in [9.17, 15) is 9.59 Å². The van der Waals surface area contributed by atoms with Gasteiger partial charge in [0.05, 0.1) is 16.7 Å². The summed E-state index contributed by atoms with van der Waals surface area (Å²) in [5.74, 6) is 0.798. The average molecular weight is 440 g/mol. The number of rotatable bonds is 5.